The number of benzene rings is 2. The number of hydrogen-bond donors (Lipinski definition) is 5. The van der Waals surface area contributed by atoms with Crippen molar-refractivity contribution < 1.29 is 34.4 Å². The van der Waals surface area contributed by atoms with Crippen molar-refractivity contribution >= 4 is 28.5 Å². The largest absolute Gasteiger partial charge is 0.496 e. The first-order valence-corrected chi connectivity index (χ1v) is 20.5. The van der Waals surface area contributed by atoms with Crippen molar-refractivity contribution in [1.82, 2.24) is 20.1 Å². The number of aliphatic hydroxyl groups is 3. The Hall–Kier alpha value is -3.94. The quantitative estimate of drug-likeness (QED) is 0.187. The van der Waals surface area contributed by atoms with Crippen molar-refractivity contribution in [2.45, 2.75) is 92.6 Å². The number of anilines is 1. The number of fused-ring (bicyclic) bond motifs is 6. The van der Waals surface area contributed by atoms with Gasteiger partial charge in [0.25, 0.3) is 5.91 Å². The number of ether oxygens (including phenoxy) is 2. The molecule has 10 atom stereocenters. The van der Waals surface area contributed by atoms with Crippen molar-refractivity contribution in [3.05, 3.63) is 70.9 Å². The minimum atomic E-state index is -2.18. The predicted octanol–water partition coefficient (Wildman–Crippen LogP) is 2.99. The third kappa shape index (κ3) is 4.59. The molecular formula is C44H57N5O7. The van der Waals surface area contributed by atoms with Gasteiger partial charge in [-0.15, -0.1) is 0 Å². The number of aliphatic hydroxyl groups excluding tert-OH is 1. The van der Waals surface area contributed by atoms with Crippen LogP contribution in [0.5, 0.6) is 5.75 Å². The zero-order valence-corrected chi connectivity index (χ0v) is 33.5. The van der Waals surface area contributed by atoms with Gasteiger partial charge in [0.2, 0.25) is 0 Å². The fraction of sp³-hybridized carbons (Fsp3) is 0.591. The second-order valence-electron chi connectivity index (χ2n) is 17.7. The second-order valence-corrected chi connectivity index (χ2v) is 17.7. The number of aromatic amines is 1. The lowest BCUT2D eigenvalue weighted by Crippen LogP contribution is -2.81. The molecule has 12 nitrogen and oxygen atoms in total. The van der Waals surface area contributed by atoms with E-state index in [-0.39, 0.29) is 12.0 Å². The van der Waals surface area contributed by atoms with Crippen LogP contribution in [0.3, 0.4) is 0 Å². The van der Waals surface area contributed by atoms with Crippen molar-refractivity contribution in [3.8, 4) is 5.75 Å². The Labute approximate surface area is 328 Å². The summed E-state index contributed by atoms with van der Waals surface area (Å²) >= 11 is 0. The summed E-state index contributed by atoms with van der Waals surface area (Å²) in [4.78, 5) is 39.9. The highest BCUT2D eigenvalue weighted by atomic mass is 16.5. The summed E-state index contributed by atoms with van der Waals surface area (Å²) in [6.07, 6.45) is 6.01. The maximum absolute atomic E-state index is 15.2. The predicted molar refractivity (Wildman–Crippen MR) is 213 cm³/mol. The van der Waals surface area contributed by atoms with Crippen LogP contribution in [0.4, 0.5) is 5.69 Å². The molecule has 1 amide bonds. The molecule has 5 aliphatic heterocycles. The van der Waals surface area contributed by atoms with Crippen LogP contribution < -0.4 is 15.0 Å². The first-order chi connectivity index (χ1) is 26.8. The van der Waals surface area contributed by atoms with Crippen LogP contribution in [-0.4, -0.2) is 132 Å². The Kier molecular flexibility index (Phi) is 8.59. The SMILES string of the molecule is CCC1(O)CC2C[N@](CCc3c([nH]c4ccccc34)[C@@](C(=O)OC)(c3cc4c(cc3OC)N(C)C3C45CCN4CC=C[C@](CC)(C45)[C@@H](O)[C@]3(O)C(=O)NC)C2)C1. The second kappa shape index (κ2) is 12.8. The van der Waals surface area contributed by atoms with Crippen molar-refractivity contribution in [3.63, 3.8) is 0 Å². The van der Waals surface area contributed by atoms with Crippen molar-refractivity contribution in [2.75, 3.05) is 65.9 Å². The first kappa shape index (κ1) is 37.6. The van der Waals surface area contributed by atoms with E-state index in [1.807, 2.05) is 56.1 Å². The molecule has 300 valence electrons. The number of para-hydroxylation sites is 1. The van der Waals surface area contributed by atoms with E-state index in [0.29, 0.717) is 69.5 Å². The first-order valence-electron chi connectivity index (χ1n) is 20.5. The molecule has 2 aromatic carbocycles. The minimum absolute atomic E-state index is 0.0712. The lowest BCUT2D eigenvalue weighted by atomic mass is 9.47. The summed E-state index contributed by atoms with van der Waals surface area (Å²) in [6.45, 7) is 7.49. The zero-order chi connectivity index (χ0) is 39.6. The van der Waals surface area contributed by atoms with Gasteiger partial charge in [0.1, 0.15) is 17.3 Å². The number of methoxy groups -OCH3 is 2. The average Bonchev–Trinajstić information content (AvgIpc) is 3.87. The van der Waals surface area contributed by atoms with E-state index in [4.69, 9.17) is 9.47 Å². The Morgan fingerprint density at radius 3 is 2.54 bits per heavy atom. The standard InChI is InChI=1S/C44H57N5O7/c1-7-40(53)22-26-23-43(39(52)56-6,34-28(14-18-48(24-26)25-40)27-12-9-10-13-31(27)46-34)30-20-29-32(21-33(30)55-5)47(4)36-42(29)16-19-49-17-11-15-41(8-2,35(42)49)37(50)44(36,54)38(51)45-3/h9-13,15,20-21,26,35-37,46,50,53-54H,7-8,14,16-19,22-25H2,1-6H3,(H,45,51)/t26?,35?,36?,37-,40?,41-,42?,43+,44+/m1/s1. The lowest BCUT2D eigenvalue weighted by Gasteiger charge is -2.63. The number of esters is 1. The summed E-state index contributed by atoms with van der Waals surface area (Å²) in [5.74, 6) is -0.624. The van der Waals surface area contributed by atoms with Crippen molar-refractivity contribution in [1.29, 1.82) is 0 Å². The third-order valence-corrected chi connectivity index (χ3v) is 15.4. The van der Waals surface area contributed by atoms with Crippen LogP contribution in [0.25, 0.3) is 10.9 Å². The fourth-order valence-electron chi connectivity index (χ4n) is 13.2. The van der Waals surface area contributed by atoms with E-state index in [9.17, 15) is 20.1 Å². The van der Waals surface area contributed by atoms with E-state index in [2.05, 4.69) is 38.3 Å². The Balaban J connectivity index is 1.36. The Bertz CT molecular complexity index is 2140. The topological polar surface area (TPSA) is 151 Å². The molecule has 0 radical (unpaired) electrons. The van der Waals surface area contributed by atoms with Gasteiger partial charge in [-0.1, -0.05) is 44.2 Å². The molecular weight excluding hydrogens is 711 g/mol. The van der Waals surface area contributed by atoms with E-state index >= 15 is 4.79 Å². The van der Waals surface area contributed by atoms with Crippen LogP contribution in [0.15, 0.2) is 48.6 Å². The van der Waals surface area contributed by atoms with E-state index < -0.39 is 51.5 Å². The highest BCUT2D eigenvalue weighted by Gasteiger charge is 2.78. The number of hydrogen-bond acceptors (Lipinski definition) is 10. The fourth-order valence-corrected chi connectivity index (χ4v) is 13.2. The maximum atomic E-state index is 15.2. The molecule has 1 spiro atoms. The van der Waals surface area contributed by atoms with E-state index in [1.54, 1.807) is 7.11 Å². The number of H-pyrrole nitrogens is 1. The summed E-state index contributed by atoms with van der Waals surface area (Å²) in [5.41, 5.74) is -1.12. The van der Waals surface area contributed by atoms with Gasteiger partial charge in [-0.25, -0.2) is 0 Å². The molecule has 2 saturated heterocycles. The summed E-state index contributed by atoms with van der Waals surface area (Å²) < 4.78 is 12.3. The molecule has 1 aliphatic carbocycles. The van der Waals surface area contributed by atoms with Gasteiger partial charge in [0.15, 0.2) is 5.60 Å². The van der Waals surface area contributed by atoms with Crippen LogP contribution in [-0.2, 0) is 31.6 Å². The number of amides is 1. The van der Waals surface area contributed by atoms with Gasteiger partial charge in [0, 0.05) is 91.1 Å². The number of piperidine rings is 1. The van der Waals surface area contributed by atoms with Gasteiger partial charge in [-0.2, -0.15) is 0 Å². The van der Waals surface area contributed by atoms with Crippen LogP contribution in [0.1, 0.15) is 68.3 Å². The number of aromatic nitrogens is 1. The van der Waals surface area contributed by atoms with Gasteiger partial charge in [0.05, 0.1) is 25.9 Å². The number of nitrogens with one attached hydrogen (secondary N) is 2. The third-order valence-electron chi connectivity index (χ3n) is 15.4. The molecule has 5 unspecified atom stereocenters. The van der Waals surface area contributed by atoms with E-state index in [0.717, 1.165) is 46.5 Å². The molecule has 3 fully saturated rings. The number of carbonyl (C=O) groups is 2. The molecule has 3 aromatic rings. The molecule has 12 heteroatoms. The van der Waals surface area contributed by atoms with E-state index in [1.165, 1.54) is 14.2 Å². The molecule has 1 saturated carbocycles. The normalized spacial score (nSPS) is 38.4. The lowest BCUT2D eigenvalue weighted by molar-refractivity contribution is -0.203. The molecule has 9 rings (SSSR count). The Morgan fingerprint density at radius 2 is 1.82 bits per heavy atom. The minimum Gasteiger partial charge on any atom is -0.496 e. The molecule has 6 heterocycles. The van der Waals surface area contributed by atoms with Gasteiger partial charge >= 0.3 is 5.97 Å². The van der Waals surface area contributed by atoms with Crippen LogP contribution in [0.2, 0.25) is 0 Å². The molecule has 6 aliphatic rings. The van der Waals surface area contributed by atoms with Gasteiger partial charge in [-0.05, 0) is 74.2 Å². The van der Waals surface area contributed by atoms with Crippen LogP contribution >= 0.6 is 0 Å². The van der Waals surface area contributed by atoms with Gasteiger partial charge < -0.3 is 40.0 Å². The average molecular weight is 768 g/mol. The number of rotatable bonds is 6. The molecule has 56 heavy (non-hydrogen) atoms. The van der Waals surface area contributed by atoms with Crippen LogP contribution in [0, 0.1) is 11.3 Å². The zero-order valence-electron chi connectivity index (χ0n) is 33.5. The smallest absolute Gasteiger partial charge is 0.322 e. The van der Waals surface area contributed by atoms with Crippen molar-refractivity contribution in [2.24, 2.45) is 11.3 Å². The number of likely N-dealkylation sites (N-methyl/N-ethyl adjacent to an activating group) is 2. The molecule has 5 N–H and O–H groups in total. The molecule has 1 aromatic heterocycles. The highest BCUT2D eigenvalue weighted by molar-refractivity contribution is 5.95. The number of nitrogens with zero attached hydrogens (tertiary/aromatic N) is 3. The Morgan fingerprint density at radius 1 is 1.04 bits per heavy atom. The maximum Gasteiger partial charge on any atom is 0.322 e. The molecule has 2 bridgehead atoms. The summed E-state index contributed by atoms with van der Waals surface area (Å²) in [6, 6.07) is 11.2. The summed E-state index contributed by atoms with van der Waals surface area (Å²) in [5, 5.41) is 41.1. The number of carbonyl (C=O) groups excluding carboxylic acids is 2. The summed E-state index contributed by atoms with van der Waals surface area (Å²) in [7, 11) is 6.46. The van der Waals surface area contributed by atoms with Gasteiger partial charge in [-0.3, -0.25) is 19.4 Å². The monoisotopic (exact) mass is 767 g/mol. The highest BCUT2D eigenvalue weighted by Crippen LogP contribution is 2.67.